The molecule has 4 N–H and O–H groups in total. The van der Waals surface area contributed by atoms with Gasteiger partial charge in [-0.1, -0.05) is 39.8 Å². The van der Waals surface area contributed by atoms with Crippen molar-refractivity contribution in [3.05, 3.63) is 90.2 Å². The fraction of sp³-hybridized carbons (Fsp3) is 0.440. The van der Waals surface area contributed by atoms with Gasteiger partial charge in [-0.05, 0) is 99.7 Å². The normalized spacial score (nSPS) is 20.2. The van der Waals surface area contributed by atoms with E-state index in [0.717, 1.165) is 94.8 Å². The number of carbonyl (C=O) groups is 4. The summed E-state index contributed by atoms with van der Waals surface area (Å²) in [5, 5.41) is 6.49. The topological polar surface area (TPSA) is 202 Å². The highest BCUT2D eigenvalue weighted by molar-refractivity contribution is 5.93. The Labute approximate surface area is 387 Å². The van der Waals surface area contributed by atoms with E-state index in [9.17, 15) is 19.2 Å². The third-order valence-corrected chi connectivity index (χ3v) is 14.1. The summed E-state index contributed by atoms with van der Waals surface area (Å²) in [4.78, 5) is 72.9. The summed E-state index contributed by atoms with van der Waals surface area (Å²) in [6.07, 6.45) is 6.84. The number of imidazole rings is 2. The van der Waals surface area contributed by atoms with Crippen molar-refractivity contribution in [2.24, 2.45) is 11.8 Å². The van der Waals surface area contributed by atoms with E-state index in [4.69, 9.17) is 28.6 Å². The number of methoxy groups -OCH3 is 2. The lowest BCUT2D eigenvalue weighted by molar-refractivity contribution is -0.138. The molecule has 1 aliphatic carbocycles. The van der Waals surface area contributed by atoms with Gasteiger partial charge in [0.2, 0.25) is 18.0 Å². The van der Waals surface area contributed by atoms with Crippen LogP contribution in [0.15, 0.2) is 71.4 Å². The van der Waals surface area contributed by atoms with Gasteiger partial charge in [0.1, 0.15) is 35.2 Å². The molecule has 2 aromatic carbocycles. The molecule has 4 amide bonds. The summed E-state index contributed by atoms with van der Waals surface area (Å²) < 4.78 is 24.9. The summed E-state index contributed by atoms with van der Waals surface area (Å²) in [5.41, 5.74) is 6.05. The number of hydrogen-bond acceptors (Lipinski definition) is 10. The Kier molecular flexibility index (Phi) is 11.1. The number of furan rings is 1. The van der Waals surface area contributed by atoms with E-state index >= 15 is 0 Å². The average Bonchev–Trinajstić information content (AvgIpc) is 4.05. The molecule has 2 saturated heterocycles. The lowest BCUT2D eigenvalue weighted by atomic mass is 10.0. The zero-order chi connectivity index (χ0) is 46.9. The predicted molar refractivity (Wildman–Crippen MR) is 248 cm³/mol. The van der Waals surface area contributed by atoms with Crippen LogP contribution in [-0.4, -0.2) is 96.7 Å². The largest absolute Gasteiger partial charge is 0.462 e. The summed E-state index contributed by atoms with van der Waals surface area (Å²) >= 11 is 0. The molecular formula is C50H57N9O8. The average molecular weight is 912 g/mol. The SMILES string of the molecule is COC(=O)N[C@H](C(=O)N1CCC[C@H]1c1ncc(-c2ccc3c(c2)OC(c2ccc(C)o2)n2c-3cc3cc(-c4cnc([C@@H]5CCC6(CC6)N5C(=O)[C@@H](NC(=O)OC)C(C)C)[nH]4)ccc32)[nH]1)C(C)C. The Morgan fingerprint density at radius 1 is 0.776 bits per heavy atom. The molecule has 17 heteroatoms. The van der Waals surface area contributed by atoms with E-state index in [1.165, 1.54) is 14.2 Å². The Hall–Kier alpha value is -7.04. The molecule has 1 unspecified atom stereocenters. The highest BCUT2D eigenvalue weighted by Gasteiger charge is 2.58. The lowest BCUT2D eigenvalue weighted by Gasteiger charge is -2.34. The molecule has 6 aromatic rings. The van der Waals surface area contributed by atoms with E-state index in [2.05, 4.69) is 55.5 Å². The molecule has 4 aromatic heterocycles. The molecule has 67 heavy (non-hydrogen) atoms. The van der Waals surface area contributed by atoms with Gasteiger partial charge in [-0.15, -0.1) is 0 Å². The lowest BCUT2D eigenvalue weighted by Crippen LogP contribution is -2.53. The van der Waals surface area contributed by atoms with E-state index in [0.29, 0.717) is 23.9 Å². The quantitative estimate of drug-likeness (QED) is 0.0976. The second-order valence-corrected chi connectivity index (χ2v) is 19.1. The number of aromatic amines is 2. The smallest absolute Gasteiger partial charge is 0.407 e. The number of likely N-dealkylation sites (tertiary alicyclic amines) is 2. The number of aryl methyl sites for hydroxylation is 1. The number of benzene rings is 2. The number of nitrogens with zero attached hydrogens (tertiary/aromatic N) is 5. The summed E-state index contributed by atoms with van der Waals surface area (Å²) in [6, 6.07) is 16.5. The fourth-order valence-electron chi connectivity index (χ4n) is 10.4. The minimum Gasteiger partial charge on any atom is -0.462 e. The number of hydrogen-bond donors (Lipinski definition) is 4. The van der Waals surface area contributed by atoms with Crippen LogP contribution >= 0.6 is 0 Å². The van der Waals surface area contributed by atoms with Crippen LogP contribution in [0.1, 0.15) is 108 Å². The van der Waals surface area contributed by atoms with Crippen molar-refractivity contribution in [3.8, 4) is 39.5 Å². The molecule has 1 spiro atoms. The number of H-pyrrole nitrogens is 2. The predicted octanol–water partition coefficient (Wildman–Crippen LogP) is 8.55. The van der Waals surface area contributed by atoms with Crippen LogP contribution in [0.5, 0.6) is 5.75 Å². The summed E-state index contributed by atoms with van der Waals surface area (Å²) in [5.74, 6) is 2.97. The first kappa shape index (κ1) is 43.8. The van der Waals surface area contributed by atoms with Crippen LogP contribution in [0.25, 0.3) is 44.7 Å². The number of nitrogens with one attached hydrogen (secondary N) is 4. The van der Waals surface area contributed by atoms with Crippen molar-refractivity contribution in [1.29, 1.82) is 0 Å². The van der Waals surface area contributed by atoms with Crippen molar-refractivity contribution in [1.82, 2.24) is 44.9 Å². The third kappa shape index (κ3) is 7.76. The van der Waals surface area contributed by atoms with Crippen LogP contribution in [-0.2, 0) is 19.1 Å². The van der Waals surface area contributed by atoms with Gasteiger partial charge in [0.05, 0.1) is 61.3 Å². The van der Waals surface area contributed by atoms with Crippen molar-refractivity contribution in [2.45, 2.75) is 109 Å². The Balaban J connectivity index is 0.943. The van der Waals surface area contributed by atoms with E-state index in [-0.39, 0.29) is 41.3 Å². The van der Waals surface area contributed by atoms with Crippen LogP contribution in [0.3, 0.4) is 0 Å². The number of alkyl carbamates (subject to hydrolysis) is 2. The maximum absolute atomic E-state index is 14.2. The van der Waals surface area contributed by atoms with Crippen molar-refractivity contribution >= 4 is 34.9 Å². The minimum atomic E-state index is -0.726. The van der Waals surface area contributed by atoms with Crippen LogP contribution in [0.2, 0.25) is 0 Å². The van der Waals surface area contributed by atoms with Gasteiger partial charge < -0.3 is 49.0 Å². The Morgan fingerprint density at radius 2 is 1.42 bits per heavy atom. The zero-order valence-electron chi connectivity index (χ0n) is 38.8. The molecular weight excluding hydrogens is 855 g/mol. The summed E-state index contributed by atoms with van der Waals surface area (Å²) in [6.45, 7) is 10.1. The van der Waals surface area contributed by atoms with Gasteiger partial charge in [0.15, 0.2) is 5.76 Å². The molecule has 3 aliphatic heterocycles. The minimum absolute atomic E-state index is 0.110. The first-order chi connectivity index (χ1) is 32.3. The Morgan fingerprint density at radius 3 is 2.04 bits per heavy atom. The van der Waals surface area contributed by atoms with Gasteiger partial charge in [-0.3, -0.25) is 14.2 Å². The number of rotatable bonds is 11. The number of aromatic nitrogens is 5. The molecule has 7 heterocycles. The molecule has 350 valence electrons. The number of amides is 4. The highest BCUT2D eigenvalue weighted by Crippen LogP contribution is 2.56. The van der Waals surface area contributed by atoms with Crippen molar-refractivity contribution in [2.75, 3.05) is 20.8 Å². The molecule has 1 saturated carbocycles. The molecule has 4 aliphatic rings. The first-order valence-corrected chi connectivity index (χ1v) is 23.2. The molecule has 0 bridgehead atoms. The number of carbonyl (C=O) groups excluding carboxylic acids is 4. The maximum Gasteiger partial charge on any atom is 0.407 e. The molecule has 3 fully saturated rings. The fourth-order valence-corrected chi connectivity index (χ4v) is 10.4. The van der Waals surface area contributed by atoms with Gasteiger partial charge in [0, 0.05) is 34.2 Å². The molecule has 17 nitrogen and oxygen atoms in total. The Bertz CT molecular complexity index is 2880. The molecule has 0 radical (unpaired) electrons. The van der Waals surface area contributed by atoms with E-state index in [1.807, 2.05) is 70.0 Å². The standard InChI is InChI=1S/C50H57N9O8/c1-26(2)41(55-48(62)64-6)45(60)57-20-8-9-36(57)43-51-25-34(53-43)30-11-13-32-38-22-31-21-29(12-14-35(31)58(38)47(67-40(32)23-30)39-15-10-28(5)66-39)33-24-52-44(54-33)37-16-17-50(18-19-50)59(37)46(61)42(27(3)4)56-49(63)65-7/h10-15,21-27,36-37,41-42,47H,8-9,16-20H2,1-7H3,(H,51,53)(H,52,54)(H,55,62)(H,56,63)/t36-,37-,41-,42-,47?/m0/s1. The van der Waals surface area contributed by atoms with Crippen molar-refractivity contribution < 1.29 is 37.8 Å². The summed E-state index contributed by atoms with van der Waals surface area (Å²) in [7, 11) is 2.59. The maximum atomic E-state index is 14.2. The van der Waals surface area contributed by atoms with Crippen LogP contribution in [0, 0.1) is 18.8 Å². The molecule has 5 atom stereocenters. The third-order valence-electron chi connectivity index (χ3n) is 14.1. The number of ether oxygens (including phenoxy) is 3. The van der Waals surface area contributed by atoms with Gasteiger partial charge >= 0.3 is 12.2 Å². The molecule has 10 rings (SSSR count). The zero-order valence-corrected chi connectivity index (χ0v) is 38.8. The monoisotopic (exact) mass is 911 g/mol. The number of fused-ring (bicyclic) bond motifs is 5. The van der Waals surface area contributed by atoms with Gasteiger partial charge in [0.25, 0.3) is 0 Å². The first-order valence-electron chi connectivity index (χ1n) is 23.2. The second-order valence-electron chi connectivity index (χ2n) is 19.1. The highest BCUT2D eigenvalue weighted by atomic mass is 16.5. The second kappa shape index (κ2) is 17.0. The van der Waals surface area contributed by atoms with Gasteiger partial charge in [-0.2, -0.15) is 0 Å². The van der Waals surface area contributed by atoms with E-state index in [1.54, 1.807) is 11.1 Å². The van der Waals surface area contributed by atoms with Crippen LogP contribution in [0.4, 0.5) is 9.59 Å². The van der Waals surface area contributed by atoms with Crippen molar-refractivity contribution in [3.63, 3.8) is 0 Å². The van der Waals surface area contributed by atoms with E-state index < -0.39 is 30.5 Å². The van der Waals surface area contributed by atoms with Gasteiger partial charge in [-0.25, -0.2) is 19.6 Å². The van der Waals surface area contributed by atoms with Crippen LogP contribution < -0.4 is 15.4 Å².